The zero-order chi connectivity index (χ0) is 10.7. The molecule has 80 valence electrons. The number of aromatic amines is 1. The van der Waals surface area contributed by atoms with Gasteiger partial charge in [0, 0.05) is 0 Å². The van der Waals surface area contributed by atoms with Crippen LogP contribution in [-0.4, -0.2) is 9.78 Å². The third-order valence-corrected chi connectivity index (χ3v) is 3.28. The second-order valence-corrected chi connectivity index (χ2v) is 4.38. The highest BCUT2D eigenvalue weighted by Crippen LogP contribution is 2.15. The molecule has 1 atom stereocenters. The van der Waals surface area contributed by atoms with Gasteiger partial charge >= 0.3 is 0 Å². The van der Waals surface area contributed by atoms with Crippen molar-refractivity contribution >= 4 is 15.9 Å². The summed E-state index contributed by atoms with van der Waals surface area (Å²) in [7, 11) is 0. The predicted molar refractivity (Wildman–Crippen MR) is 61.7 cm³/mol. The van der Waals surface area contributed by atoms with Crippen LogP contribution in [0.15, 0.2) is 9.27 Å². The third-order valence-electron chi connectivity index (χ3n) is 2.46. The van der Waals surface area contributed by atoms with Crippen molar-refractivity contribution in [3.63, 3.8) is 0 Å². The normalized spacial score (nSPS) is 13.1. The number of nitrogens with one attached hydrogen (secondary N) is 1. The standard InChI is InChI=1S/C10H17BrN2O/c1-4-6-8-9(11)10(14)13(12-8)7(3)5-2/h7,12H,4-6H2,1-3H3. The minimum atomic E-state index is 0.0581. The molecule has 14 heavy (non-hydrogen) atoms. The Hall–Kier alpha value is -0.510. The molecule has 0 aromatic carbocycles. The molecule has 1 rings (SSSR count). The van der Waals surface area contributed by atoms with E-state index in [2.05, 4.69) is 34.9 Å². The first kappa shape index (κ1) is 11.6. The summed E-state index contributed by atoms with van der Waals surface area (Å²) in [5, 5.41) is 3.16. The van der Waals surface area contributed by atoms with Crippen molar-refractivity contribution in [2.45, 2.75) is 46.1 Å². The first-order valence-corrected chi connectivity index (χ1v) is 5.89. The molecular weight excluding hydrogens is 244 g/mol. The lowest BCUT2D eigenvalue weighted by Gasteiger charge is -2.08. The average Bonchev–Trinajstić information content (AvgIpc) is 2.46. The largest absolute Gasteiger partial charge is 0.298 e. The summed E-state index contributed by atoms with van der Waals surface area (Å²) < 4.78 is 2.40. The van der Waals surface area contributed by atoms with E-state index in [0.717, 1.165) is 25.0 Å². The number of hydrogen-bond donors (Lipinski definition) is 1. The van der Waals surface area contributed by atoms with Crippen LogP contribution in [0.3, 0.4) is 0 Å². The molecule has 0 aliphatic rings. The van der Waals surface area contributed by atoms with E-state index < -0.39 is 0 Å². The molecule has 0 saturated heterocycles. The molecule has 0 saturated carbocycles. The van der Waals surface area contributed by atoms with Gasteiger partial charge in [0.2, 0.25) is 0 Å². The fourth-order valence-corrected chi connectivity index (χ4v) is 1.87. The van der Waals surface area contributed by atoms with Crippen LogP contribution in [0.1, 0.15) is 45.3 Å². The van der Waals surface area contributed by atoms with Gasteiger partial charge in [-0.1, -0.05) is 20.3 Å². The Morgan fingerprint density at radius 2 is 2.14 bits per heavy atom. The number of hydrogen-bond acceptors (Lipinski definition) is 1. The maximum atomic E-state index is 11.7. The summed E-state index contributed by atoms with van der Waals surface area (Å²) in [5.74, 6) is 0. The number of aromatic nitrogens is 2. The van der Waals surface area contributed by atoms with Crippen molar-refractivity contribution in [1.82, 2.24) is 9.78 Å². The summed E-state index contributed by atoms with van der Waals surface area (Å²) in [6, 6.07) is 0.240. The van der Waals surface area contributed by atoms with E-state index in [1.54, 1.807) is 4.68 Å². The lowest BCUT2D eigenvalue weighted by molar-refractivity contribution is 0.461. The Balaban J connectivity index is 3.08. The van der Waals surface area contributed by atoms with E-state index in [9.17, 15) is 4.79 Å². The van der Waals surface area contributed by atoms with Crippen molar-refractivity contribution in [2.75, 3.05) is 0 Å². The van der Waals surface area contributed by atoms with E-state index in [1.165, 1.54) is 0 Å². The molecule has 0 aliphatic carbocycles. The molecule has 1 aromatic heterocycles. The van der Waals surface area contributed by atoms with Crippen molar-refractivity contribution in [3.8, 4) is 0 Å². The minimum Gasteiger partial charge on any atom is -0.298 e. The summed E-state index contributed by atoms with van der Waals surface area (Å²) >= 11 is 3.33. The molecule has 0 radical (unpaired) electrons. The highest BCUT2D eigenvalue weighted by molar-refractivity contribution is 9.10. The van der Waals surface area contributed by atoms with Crippen LogP contribution in [-0.2, 0) is 6.42 Å². The van der Waals surface area contributed by atoms with Gasteiger partial charge in [-0.2, -0.15) is 0 Å². The fourth-order valence-electron chi connectivity index (χ4n) is 1.39. The first-order chi connectivity index (χ1) is 6.61. The molecular formula is C10H17BrN2O. The molecule has 1 heterocycles. The van der Waals surface area contributed by atoms with E-state index in [4.69, 9.17) is 0 Å². The van der Waals surface area contributed by atoms with Gasteiger partial charge in [-0.15, -0.1) is 0 Å². The van der Waals surface area contributed by atoms with Crippen molar-refractivity contribution in [3.05, 3.63) is 20.5 Å². The van der Waals surface area contributed by atoms with Crippen LogP contribution in [0.25, 0.3) is 0 Å². The van der Waals surface area contributed by atoms with Crippen molar-refractivity contribution in [2.24, 2.45) is 0 Å². The lowest BCUT2D eigenvalue weighted by Crippen LogP contribution is -2.20. The van der Waals surface area contributed by atoms with E-state index >= 15 is 0 Å². The monoisotopic (exact) mass is 260 g/mol. The summed E-state index contributed by atoms with van der Waals surface area (Å²) in [5.41, 5.74) is 1.07. The average molecular weight is 261 g/mol. The molecule has 1 unspecified atom stereocenters. The van der Waals surface area contributed by atoms with E-state index in [0.29, 0.717) is 4.47 Å². The molecule has 3 nitrogen and oxygen atoms in total. The van der Waals surface area contributed by atoms with E-state index in [-0.39, 0.29) is 11.6 Å². The molecule has 1 aromatic rings. The molecule has 0 bridgehead atoms. The van der Waals surface area contributed by atoms with E-state index in [1.807, 2.05) is 6.92 Å². The molecule has 4 heteroatoms. The molecule has 0 amide bonds. The number of aryl methyl sites for hydroxylation is 1. The summed E-state index contributed by atoms with van der Waals surface area (Å²) in [6.45, 7) is 6.22. The van der Waals surface area contributed by atoms with Gasteiger partial charge in [-0.05, 0) is 35.7 Å². The Morgan fingerprint density at radius 3 is 2.64 bits per heavy atom. The van der Waals surface area contributed by atoms with Gasteiger partial charge in [-0.25, -0.2) is 4.68 Å². The SMILES string of the molecule is CCCc1[nH]n(C(C)CC)c(=O)c1Br. The number of halogens is 1. The van der Waals surface area contributed by atoms with Crippen LogP contribution in [0.5, 0.6) is 0 Å². The van der Waals surface area contributed by atoms with Crippen LogP contribution in [0.2, 0.25) is 0 Å². The quantitative estimate of drug-likeness (QED) is 0.889. The zero-order valence-corrected chi connectivity index (χ0v) is 10.5. The highest BCUT2D eigenvalue weighted by atomic mass is 79.9. The maximum absolute atomic E-state index is 11.7. The van der Waals surface area contributed by atoms with Gasteiger partial charge in [0.25, 0.3) is 5.56 Å². The predicted octanol–water partition coefficient (Wildman–Crippen LogP) is 2.86. The van der Waals surface area contributed by atoms with Crippen molar-refractivity contribution < 1.29 is 0 Å². The van der Waals surface area contributed by atoms with Gasteiger partial charge in [0.15, 0.2) is 0 Å². The molecule has 0 spiro atoms. The topological polar surface area (TPSA) is 37.8 Å². The number of nitrogens with zero attached hydrogens (tertiary/aromatic N) is 1. The Morgan fingerprint density at radius 1 is 1.50 bits per heavy atom. The second kappa shape index (κ2) is 4.82. The molecule has 0 fully saturated rings. The van der Waals surface area contributed by atoms with Crippen LogP contribution >= 0.6 is 15.9 Å². The molecule has 0 aliphatic heterocycles. The van der Waals surface area contributed by atoms with Gasteiger partial charge in [0.1, 0.15) is 4.47 Å². The lowest BCUT2D eigenvalue weighted by atomic mass is 10.2. The van der Waals surface area contributed by atoms with Gasteiger partial charge in [-0.3, -0.25) is 9.89 Å². The third kappa shape index (κ3) is 2.11. The summed E-state index contributed by atoms with van der Waals surface area (Å²) in [4.78, 5) is 11.7. The van der Waals surface area contributed by atoms with Crippen LogP contribution < -0.4 is 5.56 Å². The van der Waals surface area contributed by atoms with Gasteiger partial charge in [0.05, 0.1) is 11.7 Å². The first-order valence-electron chi connectivity index (χ1n) is 5.10. The van der Waals surface area contributed by atoms with Crippen LogP contribution in [0.4, 0.5) is 0 Å². The number of rotatable bonds is 4. The second-order valence-electron chi connectivity index (χ2n) is 3.59. The Labute approximate surface area is 92.6 Å². The molecule has 1 N–H and O–H groups in total. The smallest absolute Gasteiger partial charge is 0.281 e. The summed E-state index contributed by atoms with van der Waals surface area (Å²) in [6.07, 6.45) is 2.91. The van der Waals surface area contributed by atoms with Crippen LogP contribution in [0, 0.1) is 0 Å². The highest BCUT2D eigenvalue weighted by Gasteiger charge is 2.13. The number of H-pyrrole nitrogens is 1. The fraction of sp³-hybridized carbons (Fsp3) is 0.700. The van der Waals surface area contributed by atoms with Crippen molar-refractivity contribution in [1.29, 1.82) is 0 Å². The minimum absolute atomic E-state index is 0.0581. The zero-order valence-electron chi connectivity index (χ0n) is 8.93. The van der Waals surface area contributed by atoms with Gasteiger partial charge < -0.3 is 0 Å². The Bertz CT molecular complexity index is 353. The Kier molecular flexibility index (Phi) is 3.98. The maximum Gasteiger partial charge on any atom is 0.281 e.